The smallest absolute Gasteiger partial charge is 0.153 e. The Morgan fingerprint density at radius 3 is 2.89 bits per heavy atom. The Morgan fingerprint density at radius 2 is 2.06 bits per heavy atom. The van der Waals surface area contributed by atoms with Crippen molar-refractivity contribution in [1.82, 2.24) is 14.8 Å². The van der Waals surface area contributed by atoms with E-state index in [2.05, 4.69) is 14.8 Å². The second kappa shape index (κ2) is 4.64. The summed E-state index contributed by atoms with van der Waals surface area (Å²) in [4.78, 5) is 0. The van der Waals surface area contributed by atoms with Crippen LogP contribution in [0, 0.1) is 0 Å². The first-order valence-electron chi connectivity index (χ1n) is 6.79. The lowest BCUT2D eigenvalue weighted by atomic mass is 10.1. The lowest BCUT2D eigenvalue weighted by molar-refractivity contribution is 0.493. The predicted molar refractivity (Wildman–Crippen MR) is 68.1 cm³/mol. The van der Waals surface area contributed by atoms with Crippen LogP contribution >= 0.6 is 0 Å². The van der Waals surface area contributed by atoms with E-state index in [1.54, 1.807) is 0 Å². The van der Waals surface area contributed by atoms with E-state index in [1.807, 2.05) is 0 Å². The van der Waals surface area contributed by atoms with Gasteiger partial charge in [0.1, 0.15) is 11.6 Å². The number of aromatic nitrogens is 3. The van der Waals surface area contributed by atoms with E-state index < -0.39 is 9.84 Å². The minimum absolute atomic E-state index is 0.235. The van der Waals surface area contributed by atoms with E-state index in [0.29, 0.717) is 12.2 Å². The van der Waals surface area contributed by atoms with Gasteiger partial charge in [-0.05, 0) is 25.7 Å². The maximum Gasteiger partial charge on any atom is 0.153 e. The molecule has 0 N–H and O–H groups in total. The van der Waals surface area contributed by atoms with Gasteiger partial charge in [-0.25, -0.2) is 8.42 Å². The largest absolute Gasteiger partial charge is 0.315 e. The SMILES string of the molecule is O=S1(=O)CCCCC1Cc1nnc2n1CCCC2. The molecule has 0 bridgehead atoms. The van der Waals surface area contributed by atoms with Gasteiger partial charge < -0.3 is 4.57 Å². The number of hydrogen-bond donors (Lipinski definition) is 0. The van der Waals surface area contributed by atoms with E-state index >= 15 is 0 Å². The summed E-state index contributed by atoms with van der Waals surface area (Å²) in [6.07, 6.45) is 6.46. The van der Waals surface area contributed by atoms with E-state index in [-0.39, 0.29) is 5.25 Å². The molecule has 1 saturated heterocycles. The number of fused-ring (bicyclic) bond motifs is 1. The molecule has 0 saturated carbocycles. The summed E-state index contributed by atoms with van der Waals surface area (Å²) in [5.41, 5.74) is 0. The number of aryl methyl sites for hydroxylation is 1. The second-order valence-corrected chi connectivity index (χ2v) is 7.73. The maximum atomic E-state index is 12.0. The van der Waals surface area contributed by atoms with Crippen molar-refractivity contribution < 1.29 is 8.42 Å². The topological polar surface area (TPSA) is 64.8 Å². The second-order valence-electron chi connectivity index (χ2n) is 5.33. The van der Waals surface area contributed by atoms with Crippen LogP contribution in [0.4, 0.5) is 0 Å². The highest BCUT2D eigenvalue weighted by Gasteiger charge is 2.31. The van der Waals surface area contributed by atoms with Gasteiger partial charge in [0.15, 0.2) is 9.84 Å². The summed E-state index contributed by atoms with van der Waals surface area (Å²) < 4.78 is 26.2. The van der Waals surface area contributed by atoms with Crippen molar-refractivity contribution in [2.24, 2.45) is 0 Å². The van der Waals surface area contributed by atoms with Gasteiger partial charge >= 0.3 is 0 Å². The molecule has 0 aromatic carbocycles. The molecule has 1 fully saturated rings. The van der Waals surface area contributed by atoms with Crippen molar-refractivity contribution >= 4 is 9.84 Å². The fourth-order valence-electron chi connectivity index (χ4n) is 2.97. The van der Waals surface area contributed by atoms with Crippen molar-refractivity contribution in [3.63, 3.8) is 0 Å². The molecule has 5 nitrogen and oxygen atoms in total. The van der Waals surface area contributed by atoms with Gasteiger partial charge in [-0.3, -0.25) is 0 Å². The third-order valence-electron chi connectivity index (χ3n) is 4.06. The molecule has 1 aromatic heterocycles. The van der Waals surface area contributed by atoms with Crippen LogP contribution in [-0.2, 0) is 29.2 Å². The number of nitrogens with zero attached hydrogens (tertiary/aromatic N) is 3. The molecule has 0 amide bonds. The van der Waals surface area contributed by atoms with Gasteiger partial charge in [-0.2, -0.15) is 0 Å². The van der Waals surface area contributed by atoms with Gasteiger partial charge in [0.05, 0.1) is 11.0 Å². The first-order chi connectivity index (χ1) is 8.67. The molecule has 1 unspecified atom stereocenters. The summed E-state index contributed by atoms with van der Waals surface area (Å²) in [6.45, 7) is 0.949. The molecule has 1 atom stereocenters. The van der Waals surface area contributed by atoms with Crippen molar-refractivity contribution in [3.8, 4) is 0 Å². The molecular weight excluding hydrogens is 250 g/mol. The van der Waals surface area contributed by atoms with E-state index in [0.717, 1.165) is 50.3 Å². The van der Waals surface area contributed by atoms with E-state index in [4.69, 9.17) is 0 Å². The zero-order valence-corrected chi connectivity index (χ0v) is 11.3. The molecule has 2 aliphatic rings. The normalized spacial score (nSPS) is 26.8. The first kappa shape index (κ1) is 12.1. The highest BCUT2D eigenvalue weighted by molar-refractivity contribution is 7.92. The number of hydrogen-bond acceptors (Lipinski definition) is 4. The average Bonchev–Trinajstić information content (AvgIpc) is 2.75. The predicted octanol–water partition coefficient (Wildman–Crippen LogP) is 1.12. The lowest BCUT2D eigenvalue weighted by Gasteiger charge is -2.22. The van der Waals surface area contributed by atoms with Crippen LogP contribution in [0.2, 0.25) is 0 Å². The van der Waals surface area contributed by atoms with Crippen LogP contribution in [-0.4, -0.2) is 34.2 Å². The maximum absolute atomic E-state index is 12.0. The first-order valence-corrected chi connectivity index (χ1v) is 8.51. The van der Waals surface area contributed by atoms with Crippen molar-refractivity contribution in [2.75, 3.05) is 5.75 Å². The number of rotatable bonds is 2. The highest BCUT2D eigenvalue weighted by atomic mass is 32.2. The standard InChI is InChI=1S/C12H19N3O2S/c16-18(17)8-4-2-5-10(18)9-12-14-13-11-6-1-3-7-15(11)12/h10H,1-9H2. The molecule has 0 aliphatic carbocycles. The molecule has 0 radical (unpaired) electrons. The lowest BCUT2D eigenvalue weighted by Crippen LogP contribution is -2.31. The monoisotopic (exact) mass is 269 g/mol. The summed E-state index contributed by atoms with van der Waals surface area (Å²) in [5, 5.41) is 8.16. The average molecular weight is 269 g/mol. The van der Waals surface area contributed by atoms with Gasteiger partial charge in [0.25, 0.3) is 0 Å². The van der Waals surface area contributed by atoms with Gasteiger partial charge in [0, 0.05) is 19.4 Å². The minimum atomic E-state index is -2.91. The van der Waals surface area contributed by atoms with Crippen LogP contribution in [0.5, 0.6) is 0 Å². The number of sulfone groups is 1. The molecule has 2 aliphatic heterocycles. The van der Waals surface area contributed by atoms with Crippen molar-refractivity contribution in [3.05, 3.63) is 11.6 Å². The molecule has 6 heteroatoms. The molecule has 100 valence electrons. The highest BCUT2D eigenvalue weighted by Crippen LogP contribution is 2.24. The van der Waals surface area contributed by atoms with Crippen LogP contribution in [0.1, 0.15) is 43.8 Å². The molecule has 1 aromatic rings. The Kier molecular flexibility index (Phi) is 3.13. The van der Waals surface area contributed by atoms with Crippen LogP contribution in [0.25, 0.3) is 0 Å². The molecule has 0 spiro atoms. The molecular formula is C12H19N3O2S. The van der Waals surface area contributed by atoms with Crippen LogP contribution in [0.15, 0.2) is 0 Å². The fraction of sp³-hybridized carbons (Fsp3) is 0.833. The van der Waals surface area contributed by atoms with Gasteiger partial charge in [0.2, 0.25) is 0 Å². The summed E-state index contributed by atoms with van der Waals surface area (Å²) in [7, 11) is -2.91. The van der Waals surface area contributed by atoms with Crippen molar-refractivity contribution in [2.45, 2.75) is 56.7 Å². The Bertz CT molecular complexity index is 536. The summed E-state index contributed by atoms with van der Waals surface area (Å²) in [6, 6.07) is 0. The summed E-state index contributed by atoms with van der Waals surface area (Å²) >= 11 is 0. The van der Waals surface area contributed by atoms with Crippen molar-refractivity contribution in [1.29, 1.82) is 0 Å². The molecule has 3 heterocycles. The third kappa shape index (κ3) is 2.18. The van der Waals surface area contributed by atoms with Gasteiger partial charge in [-0.1, -0.05) is 6.42 Å². The van der Waals surface area contributed by atoms with Crippen LogP contribution in [0.3, 0.4) is 0 Å². The third-order valence-corrected chi connectivity index (χ3v) is 6.33. The Morgan fingerprint density at radius 1 is 1.17 bits per heavy atom. The quantitative estimate of drug-likeness (QED) is 0.807. The Hall–Kier alpha value is -0.910. The summed E-state index contributed by atoms with van der Waals surface area (Å²) in [5.74, 6) is 2.25. The Balaban J connectivity index is 1.82. The van der Waals surface area contributed by atoms with E-state index in [9.17, 15) is 8.42 Å². The van der Waals surface area contributed by atoms with Crippen LogP contribution < -0.4 is 0 Å². The van der Waals surface area contributed by atoms with Gasteiger partial charge in [-0.15, -0.1) is 10.2 Å². The van der Waals surface area contributed by atoms with E-state index in [1.165, 1.54) is 6.42 Å². The molecule has 18 heavy (non-hydrogen) atoms. The molecule has 3 rings (SSSR count). The zero-order valence-electron chi connectivity index (χ0n) is 10.5. The fourth-order valence-corrected chi connectivity index (χ4v) is 4.84. The minimum Gasteiger partial charge on any atom is -0.315 e. The zero-order chi connectivity index (χ0) is 12.6. The Labute approximate surface area is 108 Å².